The van der Waals surface area contributed by atoms with E-state index < -0.39 is 0 Å². The number of carbonyl (C=O) groups is 1. The van der Waals surface area contributed by atoms with Crippen molar-refractivity contribution in [3.63, 3.8) is 0 Å². The molecule has 1 aliphatic heterocycles. The Morgan fingerprint density at radius 2 is 2.38 bits per heavy atom. The Labute approximate surface area is 74.5 Å². The third-order valence-corrected chi connectivity index (χ3v) is 1.81. The lowest BCUT2D eigenvalue weighted by atomic mass is 10.0. The minimum absolute atomic E-state index is 0.266. The quantitative estimate of drug-likeness (QED) is 0.645. The first kappa shape index (κ1) is 7.79. The van der Waals surface area contributed by atoms with Crippen LogP contribution in [-0.4, -0.2) is 17.3 Å². The topological polar surface area (TPSA) is 58.9 Å². The van der Waals surface area contributed by atoms with Gasteiger partial charge in [-0.25, -0.2) is 4.99 Å². The molecule has 0 unspecified atom stereocenters. The second-order valence-corrected chi connectivity index (χ2v) is 2.69. The number of hydrogen-bond acceptors (Lipinski definition) is 4. The number of aliphatic hydroxyl groups is 1. The molecule has 4 heteroatoms. The Balaban J connectivity index is 2.28. The Morgan fingerprint density at radius 3 is 3.15 bits per heavy atom. The van der Waals surface area contributed by atoms with Gasteiger partial charge < -0.3 is 9.84 Å². The lowest BCUT2D eigenvalue weighted by Crippen LogP contribution is -2.00. The van der Waals surface area contributed by atoms with E-state index in [0.717, 1.165) is 5.57 Å². The van der Waals surface area contributed by atoms with E-state index in [0.29, 0.717) is 18.6 Å². The summed E-state index contributed by atoms with van der Waals surface area (Å²) in [7, 11) is 0. The van der Waals surface area contributed by atoms with Gasteiger partial charge in [0.15, 0.2) is 0 Å². The van der Waals surface area contributed by atoms with Crippen molar-refractivity contribution < 1.29 is 14.6 Å². The van der Waals surface area contributed by atoms with Gasteiger partial charge in [0.1, 0.15) is 0 Å². The van der Waals surface area contributed by atoms with Crippen LogP contribution in [0, 0.1) is 0 Å². The summed E-state index contributed by atoms with van der Waals surface area (Å²) in [4.78, 5) is 14.0. The van der Waals surface area contributed by atoms with E-state index in [2.05, 4.69) is 9.73 Å². The molecule has 1 N–H and O–H groups in total. The number of fused-ring (bicyclic) bond motifs is 1. The van der Waals surface area contributed by atoms with Gasteiger partial charge in [-0.1, -0.05) is 6.08 Å². The zero-order valence-corrected chi connectivity index (χ0v) is 6.73. The van der Waals surface area contributed by atoms with Gasteiger partial charge in [-0.2, -0.15) is 0 Å². The molecular weight excluding hydrogens is 170 g/mol. The van der Waals surface area contributed by atoms with Crippen LogP contribution < -0.4 is 0 Å². The van der Waals surface area contributed by atoms with Crippen LogP contribution in [0.4, 0.5) is 0 Å². The number of ether oxygens (including phenoxy) is 1. The minimum atomic E-state index is 0.266. The highest BCUT2D eigenvalue weighted by molar-refractivity contribution is 6.13. The van der Waals surface area contributed by atoms with Crippen LogP contribution in [0.25, 0.3) is 0 Å². The van der Waals surface area contributed by atoms with Crippen molar-refractivity contribution in [2.75, 3.05) is 0 Å². The first-order valence-electron chi connectivity index (χ1n) is 3.80. The Hall–Kier alpha value is -1.84. The molecule has 0 atom stereocenters. The Morgan fingerprint density at radius 1 is 1.54 bits per heavy atom. The fourth-order valence-corrected chi connectivity index (χ4v) is 1.24. The van der Waals surface area contributed by atoms with Gasteiger partial charge in [0.2, 0.25) is 5.88 Å². The second-order valence-electron chi connectivity index (χ2n) is 2.69. The molecule has 1 aliphatic carbocycles. The molecular formula is C9H7NO3. The van der Waals surface area contributed by atoms with E-state index in [4.69, 9.17) is 0 Å². The Kier molecular flexibility index (Phi) is 1.73. The number of hydrogen-bond donors (Lipinski definition) is 1. The first-order valence-corrected chi connectivity index (χ1v) is 3.80. The molecule has 4 nitrogen and oxygen atoms in total. The van der Waals surface area contributed by atoms with E-state index >= 15 is 0 Å². The largest absolute Gasteiger partial charge is 0.512 e. The number of carbonyl (C=O) groups excluding carboxylic acids is 1. The van der Waals surface area contributed by atoms with Crippen LogP contribution in [0.2, 0.25) is 0 Å². The van der Waals surface area contributed by atoms with Gasteiger partial charge in [0.05, 0.1) is 11.5 Å². The molecule has 0 fully saturated rings. The van der Waals surface area contributed by atoms with Gasteiger partial charge in [0.25, 0.3) is 6.47 Å². The molecule has 0 radical (unpaired) electrons. The summed E-state index contributed by atoms with van der Waals surface area (Å²) in [6, 6.07) is 0. The average Bonchev–Trinajstić information content (AvgIpc) is 2.46. The van der Waals surface area contributed by atoms with Crippen LogP contribution in [0.3, 0.4) is 0 Å². The standard InChI is InChI=1S/C9H7NO3/c11-5-13-9-3-6-1-2-7(12)4-8(6)10-9/h1,3-5,12H,2H2. The van der Waals surface area contributed by atoms with Gasteiger partial charge in [0, 0.05) is 24.1 Å². The van der Waals surface area contributed by atoms with Crippen LogP contribution in [0.5, 0.6) is 0 Å². The van der Waals surface area contributed by atoms with Gasteiger partial charge in [-0.3, -0.25) is 4.79 Å². The van der Waals surface area contributed by atoms with E-state index in [-0.39, 0.29) is 11.6 Å². The molecule has 1 heterocycles. The third-order valence-electron chi connectivity index (χ3n) is 1.81. The van der Waals surface area contributed by atoms with E-state index in [1.54, 1.807) is 12.2 Å². The van der Waals surface area contributed by atoms with Crippen LogP contribution >= 0.6 is 0 Å². The smallest absolute Gasteiger partial charge is 0.299 e. The molecule has 0 aromatic carbocycles. The molecule has 0 aromatic heterocycles. The second kappa shape index (κ2) is 2.90. The van der Waals surface area contributed by atoms with Crippen molar-refractivity contribution in [3.05, 3.63) is 35.4 Å². The molecule has 0 spiro atoms. The number of aliphatic imine (C=N–C) groups is 1. The van der Waals surface area contributed by atoms with E-state index in [1.807, 2.05) is 6.08 Å². The molecule has 13 heavy (non-hydrogen) atoms. The van der Waals surface area contributed by atoms with Crippen LogP contribution in [-0.2, 0) is 9.53 Å². The lowest BCUT2D eigenvalue weighted by Gasteiger charge is -2.04. The Bertz CT molecular complexity index is 374. The summed E-state index contributed by atoms with van der Waals surface area (Å²) in [5.41, 5.74) is 1.52. The summed E-state index contributed by atoms with van der Waals surface area (Å²) < 4.78 is 4.57. The molecule has 66 valence electrons. The first-order chi connectivity index (χ1) is 6.29. The molecule has 0 amide bonds. The average molecular weight is 177 g/mol. The SMILES string of the molecule is O=COC1=CC2=CCC(O)=CC2=N1. The highest BCUT2D eigenvalue weighted by Crippen LogP contribution is 2.23. The lowest BCUT2D eigenvalue weighted by molar-refractivity contribution is -0.125. The fraction of sp³-hybridized carbons (Fsp3) is 0.111. The van der Waals surface area contributed by atoms with Gasteiger partial charge in [-0.15, -0.1) is 0 Å². The monoisotopic (exact) mass is 177 g/mol. The van der Waals surface area contributed by atoms with Crippen LogP contribution in [0.1, 0.15) is 6.42 Å². The zero-order valence-electron chi connectivity index (χ0n) is 6.73. The molecule has 2 rings (SSSR count). The maximum Gasteiger partial charge on any atom is 0.299 e. The molecule has 0 aromatic rings. The van der Waals surface area contributed by atoms with Crippen molar-refractivity contribution >= 4 is 12.2 Å². The maximum absolute atomic E-state index is 10.0. The highest BCUT2D eigenvalue weighted by atomic mass is 16.5. The summed E-state index contributed by atoms with van der Waals surface area (Å²) in [5.74, 6) is 0.533. The maximum atomic E-state index is 10.0. The van der Waals surface area contributed by atoms with Crippen LogP contribution in [0.15, 0.2) is 40.4 Å². The van der Waals surface area contributed by atoms with Crippen molar-refractivity contribution in [2.24, 2.45) is 4.99 Å². The molecule has 0 bridgehead atoms. The molecule has 0 saturated heterocycles. The van der Waals surface area contributed by atoms with Crippen molar-refractivity contribution in [3.8, 4) is 0 Å². The van der Waals surface area contributed by atoms with Crippen molar-refractivity contribution in [1.82, 2.24) is 0 Å². The summed E-state index contributed by atoms with van der Waals surface area (Å²) in [6.45, 7) is 0.331. The summed E-state index contributed by atoms with van der Waals surface area (Å²) in [6.07, 6.45) is 5.55. The van der Waals surface area contributed by atoms with E-state index in [9.17, 15) is 9.90 Å². The number of allylic oxidation sites excluding steroid dienone is 4. The zero-order chi connectivity index (χ0) is 9.26. The predicted octanol–water partition coefficient (Wildman–Crippen LogP) is 1.23. The summed E-state index contributed by atoms with van der Waals surface area (Å²) >= 11 is 0. The third kappa shape index (κ3) is 1.38. The normalized spacial score (nSPS) is 19.4. The van der Waals surface area contributed by atoms with E-state index in [1.165, 1.54) is 0 Å². The summed E-state index contributed by atoms with van der Waals surface area (Å²) in [5, 5.41) is 9.17. The van der Waals surface area contributed by atoms with Gasteiger partial charge >= 0.3 is 0 Å². The highest BCUT2D eigenvalue weighted by Gasteiger charge is 2.17. The number of aliphatic hydroxyl groups excluding tert-OH is 1. The van der Waals surface area contributed by atoms with Crippen molar-refractivity contribution in [2.45, 2.75) is 6.42 Å². The molecule has 2 aliphatic rings. The molecule has 0 saturated carbocycles. The minimum Gasteiger partial charge on any atom is -0.512 e. The fourth-order valence-electron chi connectivity index (χ4n) is 1.24. The number of nitrogens with zero attached hydrogens (tertiary/aromatic N) is 1. The van der Waals surface area contributed by atoms with Gasteiger partial charge in [-0.05, 0) is 0 Å². The number of rotatable bonds is 2. The van der Waals surface area contributed by atoms with Crippen molar-refractivity contribution in [1.29, 1.82) is 0 Å². The predicted molar refractivity (Wildman–Crippen MR) is 46.1 cm³/mol.